The summed E-state index contributed by atoms with van der Waals surface area (Å²) in [5.41, 5.74) is 7.20. The van der Waals surface area contributed by atoms with E-state index in [2.05, 4.69) is 5.32 Å². The van der Waals surface area contributed by atoms with Gasteiger partial charge in [0.1, 0.15) is 0 Å². The van der Waals surface area contributed by atoms with Crippen LogP contribution in [-0.4, -0.2) is 36.9 Å². The van der Waals surface area contributed by atoms with E-state index in [0.717, 1.165) is 5.56 Å². The van der Waals surface area contributed by atoms with Crippen LogP contribution in [0, 0.1) is 5.41 Å². The predicted octanol–water partition coefficient (Wildman–Crippen LogP) is 1.38. The van der Waals surface area contributed by atoms with Crippen LogP contribution in [0.5, 0.6) is 0 Å². The van der Waals surface area contributed by atoms with Gasteiger partial charge in [-0.05, 0) is 29.7 Å². The zero-order valence-corrected chi connectivity index (χ0v) is 13.3. The van der Waals surface area contributed by atoms with E-state index in [-0.39, 0.29) is 17.2 Å². The Hall–Kier alpha value is -1.88. The quantitative estimate of drug-likeness (QED) is 0.831. The molecule has 0 saturated heterocycles. The number of nitrogens with two attached hydrogens (primary N) is 1. The van der Waals surface area contributed by atoms with Crippen LogP contribution in [0.25, 0.3) is 0 Å². The minimum atomic E-state index is -0.101. The van der Waals surface area contributed by atoms with Crippen molar-refractivity contribution in [1.82, 2.24) is 10.2 Å². The number of carbonyl (C=O) groups is 2. The highest BCUT2D eigenvalue weighted by atomic mass is 16.2. The molecule has 0 fully saturated rings. The van der Waals surface area contributed by atoms with Crippen LogP contribution in [0.4, 0.5) is 0 Å². The monoisotopic (exact) mass is 291 g/mol. The number of hydrogen-bond acceptors (Lipinski definition) is 3. The Kier molecular flexibility index (Phi) is 5.90. The second kappa shape index (κ2) is 7.22. The molecule has 0 heterocycles. The summed E-state index contributed by atoms with van der Waals surface area (Å²) in [6.07, 6.45) is 0. The molecule has 5 nitrogen and oxygen atoms in total. The van der Waals surface area contributed by atoms with Gasteiger partial charge in [-0.15, -0.1) is 0 Å². The van der Waals surface area contributed by atoms with E-state index in [1.807, 2.05) is 26.0 Å². The average Bonchev–Trinajstić information content (AvgIpc) is 2.44. The van der Waals surface area contributed by atoms with E-state index in [4.69, 9.17) is 5.73 Å². The fraction of sp³-hybridized carbons (Fsp3) is 0.500. The summed E-state index contributed by atoms with van der Waals surface area (Å²) in [6.45, 7) is 7.16. The summed E-state index contributed by atoms with van der Waals surface area (Å²) >= 11 is 0. The molecule has 0 atom stereocenters. The molecule has 0 aliphatic rings. The van der Waals surface area contributed by atoms with Crippen molar-refractivity contribution in [2.75, 3.05) is 20.1 Å². The van der Waals surface area contributed by atoms with Gasteiger partial charge in [0.15, 0.2) is 0 Å². The van der Waals surface area contributed by atoms with Crippen LogP contribution in [0.2, 0.25) is 0 Å². The molecule has 3 N–H and O–H groups in total. The van der Waals surface area contributed by atoms with Crippen LogP contribution >= 0.6 is 0 Å². The topological polar surface area (TPSA) is 75.4 Å². The van der Waals surface area contributed by atoms with Crippen molar-refractivity contribution in [3.05, 3.63) is 35.4 Å². The Morgan fingerprint density at radius 1 is 1.24 bits per heavy atom. The number of nitrogens with zero attached hydrogens (tertiary/aromatic N) is 1. The lowest BCUT2D eigenvalue weighted by molar-refractivity contribution is -0.119. The highest BCUT2D eigenvalue weighted by Crippen LogP contribution is 2.16. The molecule has 0 aliphatic heterocycles. The number of benzene rings is 1. The highest BCUT2D eigenvalue weighted by Gasteiger charge is 2.21. The van der Waals surface area contributed by atoms with E-state index in [1.54, 1.807) is 24.1 Å². The molecule has 0 bridgehead atoms. The molecule has 0 aromatic heterocycles. The summed E-state index contributed by atoms with van der Waals surface area (Å²) < 4.78 is 0. The predicted molar refractivity (Wildman–Crippen MR) is 83.8 cm³/mol. The number of amides is 2. The summed E-state index contributed by atoms with van der Waals surface area (Å²) in [7, 11) is 1.78. The van der Waals surface area contributed by atoms with Gasteiger partial charge in [0.25, 0.3) is 5.91 Å². The Morgan fingerprint density at radius 2 is 1.81 bits per heavy atom. The lowest BCUT2D eigenvalue weighted by Crippen LogP contribution is -2.39. The zero-order valence-electron chi connectivity index (χ0n) is 13.3. The van der Waals surface area contributed by atoms with Crippen molar-refractivity contribution < 1.29 is 9.59 Å². The van der Waals surface area contributed by atoms with Crippen LogP contribution in [0.1, 0.15) is 36.7 Å². The van der Waals surface area contributed by atoms with Gasteiger partial charge < -0.3 is 16.0 Å². The van der Waals surface area contributed by atoms with E-state index >= 15 is 0 Å². The first-order valence-corrected chi connectivity index (χ1v) is 7.04. The average molecular weight is 291 g/mol. The molecule has 21 heavy (non-hydrogen) atoms. The maximum atomic E-state index is 12.3. The highest BCUT2D eigenvalue weighted by molar-refractivity contribution is 5.94. The largest absolute Gasteiger partial charge is 0.352 e. The van der Waals surface area contributed by atoms with E-state index in [9.17, 15) is 9.59 Å². The summed E-state index contributed by atoms with van der Waals surface area (Å²) in [5.74, 6) is -0.0958. The van der Waals surface area contributed by atoms with Crippen LogP contribution < -0.4 is 11.1 Å². The number of carbonyl (C=O) groups excluding carboxylic acids is 2. The molecule has 2 amide bonds. The molecule has 0 spiro atoms. The van der Waals surface area contributed by atoms with Gasteiger partial charge >= 0.3 is 0 Å². The Labute approximate surface area is 126 Å². The lowest BCUT2D eigenvalue weighted by Gasteiger charge is -2.29. The summed E-state index contributed by atoms with van der Waals surface area (Å²) in [6, 6.07) is 7.27. The third kappa shape index (κ3) is 5.55. The zero-order chi connectivity index (χ0) is 16.0. The van der Waals surface area contributed by atoms with Gasteiger partial charge in [0, 0.05) is 32.6 Å². The molecule has 116 valence electrons. The smallest absolute Gasteiger partial charge is 0.253 e. The third-order valence-electron chi connectivity index (χ3n) is 3.31. The SMILES string of the molecule is CC(=O)NCc1ccc(C(=O)N(C)CC(C)(C)CN)cc1. The molecular formula is C16H25N3O2. The second-order valence-electron chi connectivity index (χ2n) is 6.14. The molecule has 1 aromatic carbocycles. The molecular weight excluding hydrogens is 266 g/mol. The maximum Gasteiger partial charge on any atom is 0.253 e. The van der Waals surface area contributed by atoms with Crippen LogP contribution in [-0.2, 0) is 11.3 Å². The summed E-state index contributed by atoms with van der Waals surface area (Å²) in [4.78, 5) is 24.9. The Balaban J connectivity index is 2.68. The van der Waals surface area contributed by atoms with Crippen molar-refractivity contribution in [2.45, 2.75) is 27.3 Å². The number of rotatable bonds is 6. The van der Waals surface area contributed by atoms with Gasteiger partial charge in [-0.1, -0.05) is 26.0 Å². The van der Waals surface area contributed by atoms with Gasteiger partial charge in [0.2, 0.25) is 5.91 Å². The van der Waals surface area contributed by atoms with E-state index in [1.165, 1.54) is 6.92 Å². The fourth-order valence-electron chi connectivity index (χ4n) is 1.99. The first-order valence-electron chi connectivity index (χ1n) is 7.04. The van der Waals surface area contributed by atoms with Crippen molar-refractivity contribution in [2.24, 2.45) is 11.1 Å². The third-order valence-corrected chi connectivity index (χ3v) is 3.31. The molecule has 0 aliphatic carbocycles. The minimum Gasteiger partial charge on any atom is -0.352 e. The molecule has 1 aromatic rings. The Bertz CT molecular complexity index is 495. The molecule has 5 heteroatoms. The van der Waals surface area contributed by atoms with Crippen molar-refractivity contribution in [3.63, 3.8) is 0 Å². The van der Waals surface area contributed by atoms with Crippen molar-refractivity contribution >= 4 is 11.8 Å². The van der Waals surface area contributed by atoms with Crippen LogP contribution in [0.3, 0.4) is 0 Å². The van der Waals surface area contributed by atoms with Gasteiger partial charge in [-0.3, -0.25) is 9.59 Å². The van der Waals surface area contributed by atoms with Crippen LogP contribution in [0.15, 0.2) is 24.3 Å². The first kappa shape index (κ1) is 17.2. The molecule has 0 radical (unpaired) electrons. The van der Waals surface area contributed by atoms with Crippen molar-refractivity contribution in [1.29, 1.82) is 0 Å². The number of hydrogen-bond donors (Lipinski definition) is 2. The number of nitrogens with one attached hydrogen (secondary N) is 1. The first-order chi connectivity index (χ1) is 9.75. The standard InChI is InChI=1S/C16H25N3O2/c1-12(20)18-9-13-5-7-14(8-6-13)15(21)19(4)11-16(2,3)10-17/h5-8H,9-11,17H2,1-4H3,(H,18,20). The van der Waals surface area contributed by atoms with Gasteiger partial charge in [-0.25, -0.2) is 0 Å². The Morgan fingerprint density at radius 3 is 2.29 bits per heavy atom. The van der Waals surface area contributed by atoms with E-state index in [0.29, 0.717) is 25.2 Å². The minimum absolute atomic E-state index is 0.0254. The lowest BCUT2D eigenvalue weighted by atomic mass is 9.93. The molecule has 0 unspecified atom stereocenters. The normalized spacial score (nSPS) is 11.1. The maximum absolute atomic E-state index is 12.3. The van der Waals surface area contributed by atoms with Gasteiger partial charge in [0.05, 0.1) is 0 Å². The summed E-state index contributed by atoms with van der Waals surface area (Å²) in [5, 5.41) is 2.72. The fourth-order valence-corrected chi connectivity index (χ4v) is 1.99. The molecule has 0 saturated carbocycles. The van der Waals surface area contributed by atoms with Gasteiger partial charge in [-0.2, -0.15) is 0 Å². The molecule has 1 rings (SSSR count). The second-order valence-corrected chi connectivity index (χ2v) is 6.14. The van der Waals surface area contributed by atoms with Crippen molar-refractivity contribution in [3.8, 4) is 0 Å². The van der Waals surface area contributed by atoms with E-state index < -0.39 is 0 Å².